The number of nitrogens with two attached hydrogens (primary N) is 2. The number of phenols is 1. The van der Waals surface area contributed by atoms with Crippen molar-refractivity contribution in [3.05, 3.63) is 16.4 Å². The van der Waals surface area contributed by atoms with Crippen molar-refractivity contribution in [3.8, 4) is 5.75 Å². The fourth-order valence-corrected chi connectivity index (χ4v) is 1.06. The van der Waals surface area contributed by atoms with Crippen molar-refractivity contribution in [2.75, 3.05) is 11.5 Å². The number of hydrogen-bond donors (Lipinski definition) is 3. The number of phenolic OH excluding ortho intramolecular Hbond substituents is 1. The molecule has 11 heavy (non-hydrogen) atoms. The maximum Gasteiger partial charge on any atom is 0.190 e. The van der Waals surface area contributed by atoms with Crippen molar-refractivity contribution in [2.24, 2.45) is 0 Å². The standard InChI is InChI=1S/C6H6BrFN2O/c7-2-1-3(9)5(10)4(8)6(2)11/h1,11H,9-10H2. The molecule has 0 unspecified atom stereocenters. The van der Waals surface area contributed by atoms with Gasteiger partial charge in [0.2, 0.25) is 0 Å². The molecule has 0 aromatic heterocycles. The van der Waals surface area contributed by atoms with Crippen LogP contribution in [-0.2, 0) is 0 Å². The van der Waals surface area contributed by atoms with Crippen molar-refractivity contribution in [2.45, 2.75) is 0 Å². The Balaban J connectivity index is 3.46. The predicted octanol–water partition coefficient (Wildman–Crippen LogP) is 1.46. The van der Waals surface area contributed by atoms with Gasteiger partial charge in [-0.3, -0.25) is 0 Å². The van der Waals surface area contributed by atoms with Gasteiger partial charge in [-0.1, -0.05) is 0 Å². The van der Waals surface area contributed by atoms with E-state index < -0.39 is 11.6 Å². The first kappa shape index (κ1) is 8.13. The Kier molecular flexibility index (Phi) is 1.90. The normalized spacial score (nSPS) is 10.0. The van der Waals surface area contributed by atoms with Crippen LogP contribution < -0.4 is 11.5 Å². The molecule has 60 valence electrons. The van der Waals surface area contributed by atoms with Crippen LogP contribution in [0.4, 0.5) is 15.8 Å². The monoisotopic (exact) mass is 220 g/mol. The Labute approximate surface area is 70.9 Å². The topological polar surface area (TPSA) is 72.3 Å². The Bertz CT molecular complexity index is 277. The zero-order valence-corrected chi connectivity index (χ0v) is 7.02. The molecule has 1 aromatic carbocycles. The molecule has 1 rings (SSSR count). The molecule has 0 saturated heterocycles. The Morgan fingerprint density at radius 3 is 2.55 bits per heavy atom. The third-order valence-corrected chi connectivity index (χ3v) is 1.87. The van der Waals surface area contributed by atoms with Gasteiger partial charge < -0.3 is 16.6 Å². The fourth-order valence-electron chi connectivity index (χ4n) is 0.642. The van der Waals surface area contributed by atoms with Crippen LogP contribution in [0.1, 0.15) is 0 Å². The lowest BCUT2D eigenvalue weighted by Crippen LogP contribution is -1.98. The molecule has 5 heteroatoms. The number of halogens is 2. The zero-order valence-electron chi connectivity index (χ0n) is 5.44. The summed E-state index contributed by atoms with van der Waals surface area (Å²) in [6, 6.07) is 1.34. The van der Waals surface area contributed by atoms with E-state index in [1.54, 1.807) is 0 Å². The average molecular weight is 221 g/mol. The molecule has 0 bridgehead atoms. The second kappa shape index (κ2) is 2.58. The molecule has 1 aromatic rings. The van der Waals surface area contributed by atoms with Crippen molar-refractivity contribution in [1.82, 2.24) is 0 Å². The van der Waals surface area contributed by atoms with Gasteiger partial charge in [0.05, 0.1) is 15.8 Å². The van der Waals surface area contributed by atoms with Gasteiger partial charge >= 0.3 is 0 Å². The summed E-state index contributed by atoms with van der Waals surface area (Å²) >= 11 is 2.91. The molecular weight excluding hydrogens is 215 g/mol. The van der Waals surface area contributed by atoms with Crippen molar-refractivity contribution in [1.29, 1.82) is 0 Å². The maximum atomic E-state index is 12.8. The van der Waals surface area contributed by atoms with E-state index in [1.165, 1.54) is 6.07 Å². The largest absolute Gasteiger partial charge is 0.504 e. The second-order valence-electron chi connectivity index (χ2n) is 2.02. The Hall–Kier alpha value is -0.970. The molecule has 0 fully saturated rings. The molecule has 0 heterocycles. The van der Waals surface area contributed by atoms with Gasteiger partial charge in [-0.2, -0.15) is 0 Å². The number of rotatable bonds is 0. The molecule has 3 nitrogen and oxygen atoms in total. The first-order chi connectivity index (χ1) is 5.04. The minimum Gasteiger partial charge on any atom is -0.504 e. The van der Waals surface area contributed by atoms with Crippen LogP contribution in [0.15, 0.2) is 10.5 Å². The van der Waals surface area contributed by atoms with Gasteiger partial charge in [-0.05, 0) is 22.0 Å². The van der Waals surface area contributed by atoms with Crippen LogP contribution in [0, 0.1) is 5.82 Å². The van der Waals surface area contributed by atoms with E-state index in [-0.39, 0.29) is 15.8 Å². The molecule has 0 spiro atoms. The molecular formula is C6H6BrFN2O. The van der Waals surface area contributed by atoms with Crippen LogP contribution in [0.25, 0.3) is 0 Å². The maximum absolute atomic E-state index is 12.8. The van der Waals surface area contributed by atoms with Crippen LogP contribution >= 0.6 is 15.9 Å². The van der Waals surface area contributed by atoms with E-state index in [1.807, 2.05) is 0 Å². The van der Waals surface area contributed by atoms with E-state index in [2.05, 4.69) is 15.9 Å². The molecule has 0 atom stereocenters. The molecule has 5 N–H and O–H groups in total. The number of benzene rings is 1. The van der Waals surface area contributed by atoms with Crippen molar-refractivity contribution >= 4 is 27.3 Å². The summed E-state index contributed by atoms with van der Waals surface area (Å²) in [6.07, 6.45) is 0. The van der Waals surface area contributed by atoms with Crippen molar-refractivity contribution < 1.29 is 9.50 Å². The molecule has 0 radical (unpaired) electrons. The van der Waals surface area contributed by atoms with E-state index in [0.717, 1.165) is 0 Å². The average Bonchev–Trinajstić information content (AvgIpc) is 1.97. The Morgan fingerprint density at radius 1 is 1.45 bits per heavy atom. The SMILES string of the molecule is Nc1cc(Br)c(O)c(F)c1N. The quantitative estimate of drug-likeness (QED) is 0.458. The summed E-state index contributed by atoms with van der Waals surface area (Å²) < 4.78 is 13.0. The first-order valence-electron chi connectivity index (χ1n) is 2.76. The summed E-state index contributed by atoms with van der Waals surface area (Å²) in [5.74, 6) is -1.41. The van der Waals surface area contributed by atoms with Crippen LogP contribution in [0.5, 0.6) is 5.75 Å². The summed E-state index contributed by atoms with van der Waals surface area (Å²) in [7, 11) is 0. The summed E-state index contributed by atoms with van der Waals surface area (Å²) in [6.45, 7) is 0. The lowest BCUT2D eigenvalue weighted by molar-refractivity contribution is 0.431. The third-order valence-electron chi connectivity index (χ3n) is 1.26. The predicted molar refractivity (Wildman–Crippen MR) is 44.6 cm³/mol. The summed E-state index contributed by atoms with van der Waals surface area (Å²) in [5.41, 5.74) is 10.3. The van der Waals surface area contributed by atoms with Gasteiger partial charge in [0.25, 0.3) is 0 Å². The molecule has 0 saturated carbocycles. The highest BCUT2D eigenvalue weighted by Crippen LogP contribution is 2.34. The number of nitrogen functional groups attached to an aromatic ring is 2. The molecule has 0 aliphatic rings. The van der Waals surface area contributed by atoms with E-state index in [9.17, 15) is 4.39 Å². The summed E-state index contributed by atoms with van der Waals surface area (Å²) in [4.78, 5) is 0. The molecule has 0 aliphatic heterocycles. The van der Waals surface area contributed by atoms with Crippen molar-refractivity contribution in [3.63, 3.8) is 0 Å². The van der Waals surface area contributed by atoms with E-state index >= 15 is 0 Å². The minimum absolute atomic E-state index is 0.104. The highest BCUT2D eigenvalue weighted by molar-refractivity contribution is 9.10. The number of anilines is 2. The summed E-state index contributed by atoms with van der Waals surface area (Å²) in [5, 5.41) is 8.95. The highest BCUT2D eigenvalue weighted by Gasteiger charge is 2.11. The first-order valence-corrected chi connectivity index (χ1v) is 3.55. The van der Waals surface area contributed by atoms with Gasteiger partial charge in [-0.25, -0.2) is 4.39 Å². The van der Waals surface area contributed by atoms with Crippen LogP contribution in [-0.4, -0.2) is 5.11 Å². The fraction of sp³-hybridized carbons (Fsp3) is 0. The number of hydrogen-bond acceptors (Lipinski definition) is 3. The zero-order chi connectivity index (χ0) is 8.59. The lowest BCUT2D eigenvalue weighted by atomic mass is 10.2. The Morgan fingerprint density at radius 2 is 2.00 bits per heavy atom. The van der Waals surface area contributed by atoms with Gasteiger partial charge in [0.15, 0.2) is 11.6 Å². The van der Waals surface area contributed by atoms with Gasteiger partial charge in [-0.15, -0.1) is 0 Å². The smallest absolute Gasteiger partial charge is 0.190 e. The molecule has 0 amide bonds. The van der Waals surface area contributed by atoms with E-state index in [4.69, 9.17) is 16.6 Å². The van der Waals surface area contributed by atoms with Gasteiger partial charge in [0.1, 0.15) is 0 Å². The van der Waals surface area contributed by atoms with Gasteiger partial charge in [0, 0.05) is 0 Å². The van der Waals surface area contributed by atoms with Crippen LogP contribution in [0.3, 0.4) is 0 Å². The third kappa shape index (κ3) is 1.23. The second-order valence-corrected chi connectivity index (χ2v) is 2.88. The van der Waals surface area contributed by atoms with Crippen LogP contribution in [0.2, 0.25) is 0 Å². The number of aromatic hydroxyl groups is 1. The highest BCUT2D eigenvalue weighted by atomic mass is 79.9. The minimum atomic E-state index is -0.892. The molecule has 0 aliphatic carbocycles. The van der Waals surface area contributed by atoms with E-state index in [0.29, 0.717) is 0 Å². The lowest BCUT2D eigenvalue weighted by Gasteiger charge is -2.04.